The van der Waals surface area contributed by atoms with Crippen LogP contribution >= 0.6 is 0 Å². The zero-order valence-electron chi connectivity index (χ0n) is 11.1. The van der Waals surface area contributed by atoms with Crippen LogP contribution in [0.1, 0.15) is 23.3 Å². The summed E-state index contributed by atoms with van der Waals surface area (Å²) in [6.45, 7) is -0.357. The molecule has 0 radical (unpaired) electrons. The van der Waals surface area contributed by atoms with Gasteiger partial charge in [-0.15, -0.1) is 0 Å². The smallest absolute Gasteiger partial charge is 0.359 e. The van der Waals surface area contributed by atoms with Crippen molar-refractivity contribution in [1.29, 1.82) is 0 Å². The highest BCUT2D eigenvalue weighted by Gasteiger charge is 2.24. The first-order valence-electron chi connectivity index (χ1n) is 6.59. The van der Waals surface area contributed by atoms with Gasteiger partial charge in [0, 0.05) is 11.4 Å². The highest BCUT2D eigenvalue weighted by atomic mass is 16.5. The lowest BCUT2D eigenvalue weighted by molar-refractivity contribution is -0.124. The number of hydrogen-bond donors (Lipinski definition) is 2. The summed E-state index contributed by atoms with van der Waals surface area (Å²) in [6.07, 6.45) is 1.93. The number of H-pyrrole nitrogens is 1. The number of rotatable bonds is 4. The molecule has 1 heterocycles. The van der Waals surface area contributed by atoms with E-state index in [0.29, 0.717) is 10.8 Å². The van der Waals surface area contributed by atoms with Crippen LogP contribution in [0.5, 0.6) is 0 Å². The van der Waals surface area contributed by atoms with E-state index < -0.39 is 5.97 Å². The molecule has 7 nitrogen and oxygen atoms in total. The number of hydrogen-bond acceptors (Lipinski definition) is 5. The molecule has 1 fully saturated rings. The number of aromatic nitrogens is 2. The number of benzene rings is 1. The van der Waals surface area contributed by atoms with E-state index in [1.54, 1.807) is 24.3 Å². The second-order valence-corrected chi connectivity index (χ2v) is 4.86. The van der Waals surface area contributed by atoms with E-state index in [2.05, 4.69) is 15.5 Å². The molecule has 0 aliphatic heterocycles. The predicted molar refractivity (Wildman–Crippen MR) is 73.8 cm³/mol. The Bertz CT molecular complexity index is 764. The van der Waals surface area contributed by atoms with Gasteiger partial charge >= 0.3 is 5.97 Å². The first kappa shape index (κ1) is 13.3. The topological polar surface area (TPSA) is 101 Å². The highest BCUT2D eigenvalue weighted by Crippen LogP contribution is 2.18. The van der Waals surface area contributed by atoms with Gasteiger partial charge < -0.3 is 10.1 Å². The number of aromatic amines is 1. The van der Waals surface area contributed by atoms with E-state index in [-0.39, 0.29) is 29.8 Å². The Balaban J connectivity index is 1.76. The van der Waals surface area contributed by atoms with Gasteiger partial charge in [-0.25, -0.2) is 9.89 Å². The number of fused-ring (bicyclic) bond motifs is 1. The molecule has 1 aliphatic rings. The number of nitrogens with one attached hydrogen (secondary N) is 2. The zero-order valence-corrected chi connectivity index (χ0v) is 11.1. The zero-order chi connectivity index (χ0) is 14.8. The first-order valence-corrected chi connectivity index (χ1v) is 6.59. The van der Waals surface area contributed by atoms with Gasteiger partial charge in [0.2, 0.25) is 0 Å². The van der Waals surface area contributed by atoms with Crippen LogP contribution in [0.4, 0.5) is 0 Å². The third kappa shape index (κ3) is 2.91. The maximum atomic E-state index is 12.0. The highest BCUT2D eigenvalue weighted by molar-refractivity contribution is 6.02. The molecule has 7 heteroatoms. The Hall–Kier alpha value is -2.70. The minimum absolute atomic E-state index is 0.00979. The van der Waals surface area contributed by atoms with Gasteiger partial charge in [0.1, 0.15) is 0 Å². The molecule has 108 valence electrons. The fourth-order valence-electron chi connectivity index (χ4n) is 1.97. The van der Waals surface area contributed by atoms with E-state index in [4.69, 9.17) is 4.74 Å². The summed E-state index contributed by atoms with van der Waals surface area (Å²) in [6, 6.07) is 6.80. The maximum absolute atomic E-state index is 12.0. The molecule has 0 unspecified atom stereocenters. The summed E-state index contributed by atoms with van der Waals surface area (Å²) >= 11 is 0. The maximum Gasteiger partial charge on any atom is 0.359 e. The third-order valence-electron chi connectivity index (χ3n) is 3.17. The molecule has 0 atom stereocenters. The number of esters is 1. The molecule has 2 aromatic rings. The Morgan fingerprint density at radius 2 is 2.00 bits per heavy atom. The summed E-state index contributed by atoms with van der Waals surface area (Å²) in [4.78, 5) is 35.1. The molecular weight excluding hydrogens is 274 g/mol. The van der Waals surface area contributed by atoms with E-state index in [1.165, 1.54) is 0 Å². The van der Waals surface area contributed by atoms with Crippen LogP contribution in [-0.2, 0) is 9.53 Å². The summed E-state index contributed by atoms with van der Waals surface area (Å²) in [7, 11) is 0. The Kier molecular flexibility index (Phi) is 3.39. The summed E-state index contributed by atoms with van der Waals surface area (Å²) in [5.74, 6) is -1.08. The molecule has 1 aliphatic carbocycles. The molecule has 1 saturated carbocycles. The molecule has 1 aromatic heterocycles. The van der Waals surface area contributed by atoms with Crippen LogP contribution in [0, 0.1) is 0 Å². The van der Waals surface area contributed by atoms with Crippen molar-refractivity contribution >= 4 is 22.6 Å². The lowest BCUT2D eigenvalue weighted by Crippen LogP contribution is -2.30. The predicted octanol–water partition coefficient (Wildman–Crippen LogP) is 0.358. The van der Waals surface area contributed by atoms with Crippen LogP contribution in [0.2, 0.25) is 0 Å². The van der Waals surface area contributed by atoms with Gasteiger partial charge in [0.05, 0.1) is 5.39 Å². The van der Waals surface area contributed by atoms with Crippen molar-refractivity contribution < 1.29 is 14.3 Å². The standard InChI is InChI=1S/C14H13N3O4/c18-11(15-8-5-6-8)7-21-14(20)12-9-3-1-2-4-10(9)13(19)17-16-12/h1-4,8H,5-7H2,(H,15,18)(H,17,19). The quantitative estimate of drug-likeness (QED) is 0.791. The average molecular weight is 287 g/mol. The molecular formula is C14H13N3O4. The van der Waals surface area contributed by atoms with Crippen molar-refractivity contribution in [3.8, 4) is 0 Å². The van der Waals surface area contributed by atoms with Crippen LogP contribution in [0.15, 0.2) is 29.1 Å². The second kappa shape index (κ2) is 5.35. The summed E-state index contributed by atoms with van der Waals surface area (Å²) in [5, 5.41) is 9.42. The van der Waals surface area contributed by atoms with Crippen molar-refractivity contribution in [2.24, 2.45) is 0 Å². The van der Waals surface area contributed by atoms with Crippen molar-refractivity contribution in [1.82, 2.24) is 15.5 Å². The number of amides is 1. The monoisotopic (exact) mass is 287 g/mol. The Morgan fingerprint density at radius 3 is 2.71 bits per heavy atom. The summed E-state index contributed by atoms with van der Waals surface area (Å²) in [5.41, 5.74) is -0.391. The molecule has 0 spiro atoms. The number of carbonyl (C=O) groups is 2. The van der Waals surface area contributed by atoms with Crippen LogP contribution in [-0.4, -0.2) is 34.7 Å². The van der Waals surface area contributed by atoms with E-state index in [0.717, 1.165) is 12.8 Å². The van der Waals surface area contributed by atoms with Gasteiger partial charge in [-0.1, -0.05) is 18.2 Å². The average Bonchev–Trinajstić information content (AvgIpc) is 3.29. The van der Waals surface area contributed by atoms with Crippen molar-refractivity contribution in [3.63, 3.8) is 0 Å². The first-order chi connectivity index (χ1) is 10.1. The van der Waals surface area contributed by atoms with E-state index in [1.807, 2.05) is 0 Å². The van der Waals surface area contributed by atoms with Crippen LogP contribution in [0.25, 0.3) is 10.8 Å². The number of carbonyl (C=O) groups excluding carboxylic acids is 2. The van der Waals surface area contributed by atoms with Gasteiger partial charge in [-0.3, -0.25) is 9.59 Å². The molecule has 21 heavy (non-hydrogen) atoms. The van der Waals surface area contributed by atoms with Gasteiger partial charge in [0.15, 0.2) is 12.3 Å². The Labute approximate surface area is 119 Å². The molecule has 3 rings (SSSR count). The molecule has 1 amide bonds. The third-order valence-corrected chi connectivity index (χ3v) is 3.17. The SMILES string of the molecule is O=C(COC(=O)c1n[nH]c(=O)c2ccccc12)NC1CC1. The fraction of sp³-hybridized carbons (Fsp3) is 0.286. The van der Waals surface area contributed by atoms with Crippen molar-refractivity contribution in [2.45, 2.75) is 18.9 Å². The van der Waals surface area contributed by atoms with E-state index in [9.17, 15) is 14.4 Å². The molecule has 1 aromatic carbocycles. The normalized spacial score (nSPS) is 13.9. The lowest BCUT2D eigenvalue weighted by Gasteiger charge is -2.06. The van der Waals surface area contributed by atoms with Gasteiger partial charge in [-0.2, -0.15) is 5.10 Å². The van der Waals surface area contributed by atoms with Gasteiger partial charge in [0.25, 0.3) is 11.5 Å². The number of ether oxygens (including phenoxy) is 1. The summed E-state index contributed by atoms with van der Waals surface area (Å²) < 4.78 is 4.93. The van der Waals surface area contributed by atoms with Crippen molar-refractivity contribution in [2.75, 3.05) is 6.61 Å². The van der Waals surface area contributed by atoms with Crippen molar-refractivity contribution in [3.05, 3.63) is 40.3 Å². The second-order valence-electron chi connectivity index (χ2n) is 4.86. The minimum Gasteiger partial charge on any atom is -0.451 e. The van der Waals surface area contributed by atoms with Gasteiger partial charge in [-0.05, 0) is 18.9 Å². The lowest BCUT2D eigenvalue weighted by atomic mass is 10.1. The molecule has 0 saturated heterocycles. The van der Waals surface area contributed by atoms with Crippen LogP contribution < -0.4 is 10.9 Å². The Morgan fingerprint density at radius 1 is 1.29 bits per heavy atom. The molecule has 0 bridgehead atoms. The molecule has 2 N–H and O–H groups in total. The fourth-order valence-corrected chi connectivity index (χ4v) is 1.97. The minimum atomic E-state index is -0.742. The number of nitrogens with zero attached hydrogens (tertiary/aromatic N) is 1. The van der Waals surface area contributed by atoms with Crippen LogP contribution in [0.3, 0.4) is 0 Å². The van der Waals surface area contributed by atoms with E-state index >= 15 is 0 Å². The largest absolute Gasteiger partial charge is 0.451 e.